The predicted octanol–water partition coefficient (Wildman–Crippen LogP) is 3.51. The number of hydrogen-bond donors (Lipinski definition) is 1. The van der Waals surface area contributed by atoms with E-state index < -0.39 is 5.82 Å². The van der Waals surface area contributed by atoms with Crippen LogP contribution in [-0.2, 0) is 0 Å². The van der Waals surface area contributed by atoms with Crippen LogP contribution in [0, 0.1) is 17.1 Å². The molecule has 3 nitrogen and oxygen atoms in total. The normalized spacial score (nSPS) is 11.7. The fraction of sp³-hybridized carbons (Fsp3) is 0.133. The summed E-state index contributed by atoms with van der Waals surface area (Å²) < 4.78 is 19.1. The maximum atomic E-state index is 13.6. The summed E-state index contributed by atoms with van der Waals surface area (Å²) in [5, 5.41) is 8.66. The highest BCUT2D eigenvalue weighted by molar-refractivity contribution is 5.39. The van der Waals surface area contributed by atoms with E-state index in [9.17, 15) is 4.39 Å². The van der Waals surface area contributed by atoms with E-state index in [-0.39, 0.29) is 17.4 Å². The summed E-state index contributed by atoms with van der Waals surface area (Å²) in [5.74, 6) is 0.0517. The van der Waals surface area contributed by atoms with Crippen molar-refractivity contribution in [2.45, 2.75) is 13.0 Å². The number of hydrogen-bond acceptors (Lipinski definition) is 3. The third-order valence-corrected chi connectivity index (χ3v) is 2.69. The molecule has 0 unspecified atom stereocenters. The van der Waals surface area contributed by atoms with Crippen molar-refractivity contribution < 1.29 is 9.13 Å². The van der Waals surface area contributed by atoms with Crippen molar-refractivity contribution in [3.8, 4) is 17.6 Å². The summed E-state index contributed by atoms with van der Waals surface area (Å²) in [6, 6.07) is 13.0. The molecule has 0 saturated heterocycles. The van der Waals surface area contributed by atoms with Crippen LogP contribution in [0.15, 0.2) is 42.5 Å². The maximum Gasteiger partial charge on any atom is 0.167 e. The van der Waals surface area contributed by atoms with Crippen LogP contribution >= 0.6 is 0 Å². The summed E-state index contributed by atoms with van der Waals surface area (Å²) >= 11 is 0. The Morgan fingerprint density at radius 1 is 1.21 bits per heavy atom. The lowest BCUT2D eigenvalue weighted by atomic mass is 10.1. The van der Waals surface area contributed by atoms with E-state index in [1.807, 2.05) is 25.1 Å². The molecule has 19 heavy (non-hydrogen) atoms. The SMILES string of the molecule is C[C@@H](N)c1ccc(Oc2ccc(C#N)cc2F)cc1. The Labute approximate surface area is 111 Å². The molecular weight excluding hydrogens is 243 g/mol. The highest BCUT2D eigenvalue weighted by Crippen LogP contribution is 2.26. The van der Waals surface area contributed by atoms with Crippen molar-refractivity contribution >= 4 is 0 Å². The Bertz CT molecular complexity index is 615. The van der Waals surface area contributed by atoms with Gasteiger partial charge < -0.3 is 10.5 Å². The molecule has 0 radical (unpaired) electrons. The highest BCUT2D eigenvalue weighted by Gasteiger charge is 2.06. The van der Waals surface area contributed by atoms with Gasteiger partial charge in [-0.2, -0.15) is 5.26 Å². The molecule has 0 saturated carbocycles. The molecule has 4 heteroatoms. The van der Waals surface area contributed by atoms with Gasteiger partial charge in [-0.25, -0.2) is 4.39 Å². The molecule has 0 aliphatic carbocycles. The molecule has 2 aromatic carbocycles. The lowest BCUT2D eigenvalue weighted by molar-refractivity contribution is 0.442. The second-order valence-corrected chi connectivity index (χ2v) is 4.22. The highest BCUT2D eigenvalue weighted by atomic mass is 19.1. The Morgan fingerprint density at radius 3 is 2.42 bits per heavy atom. The van der Waals surface area contributed by atoms with E-state index >= 15 is 0 Å². The zero-order valence-corrected chi connectivity index (χ0v) is 10.4. The quantitative estimate of drug-likeness (QED) is 0.914. The number of rotatable bonds is 3. The van der Waals surface area contributed by atoms with E-state index in [0.717, 1.165) is 11.6 Å². The van der Waals surface area contributed by atoms with Crippen molar-refractivity contribution in [1.82, 2.24) is 0 Å². The Balaban J connectivity index is 2.19. The van der Waals surface area contributed by atoms with Gasteiger partial charge in [0, 0.05) is 6.04 Å². The molecule has 0 aliphatic rings. The second kappa shape index (κ2) is 5.51. The minimum absolute atomic E-state index is 0.0549. The van der Waals surface area contributed by atoms with E-state index in [1.54, 1.807) is 12.1 Å². The smallest absolute Gasteiger partial charge is 0.167 e. The van der Waals surface area contributed by atoms with Gasteiger partial charge in [0.2, 0.25) is 0 Å². The van der Waals surface area contributed by atoms with Crippen LogP contribution in [-0.4, -0.2) is 0 Å². The van der Waals surface area contributed by atoms with E-state index in [4.69, 9.17) is 15.7 Å². The summed E-state index contributed by atoms with van der Waals surface area (Å²) in [5.41, 5.74) is 6.98. The maximum absolute atomic E-state index is 13.6. The number of ether oxygens (including phenoxy) is 1. The van der Waals surface area contributed by atoms with Crippen molar-refractivity contribution in [2.75, 3.05) is 0 Å². The zero-order chi connectivity index (χ0) is 13.8. The lowest BCUT2D eigenvalue weighted by Crippen LogP contribution is -2.04. The first kappa shape index (κ1) is 13.1. The van der Waals surface area contributed by atoms with Crippen LogP contribution in [0.1, 0.15) is 24.1 Å². The Hall–Kier alpha value is -2.38. The van der Waals surface area contributed by atoms with Crippen LogP contribution < -0.4 is 10.5 Å². The van der Waals surface area contributed by atoms with Gasteiger partial charge in [-0.15, -0.1) is 0 Å². The van der Waals surface area contributed by atoms with Gasteiger partial charge in [-0.3, -0.25) is 0 Å². The monoisotopic (exact) mass is 256 g/mol. The molecule has 2 N–H and O–H groups in total. The van der Waals surface area contributed by atoms with Crippen molar-refractivity contribution in [3.05, 3.63) is 59.4 Å². The van der Waals surface area contributed by atoms with Crippen LogP contribution in [0.25, 0.3) is 0 Å². The molecule has 0 aromatic heterocycles. The van der Waals surface area contributed by atoms with Crippen LogP contribution in [0.3, 0.4) is 0 Å². The molecule has 96 valence electrons. The van der Waals surface area contributed by atoms with Gasteiger partial charge in [-0.05, 0) is 42.8 Å². The molecule has 0 bridgehead atoms. The molecular formula is C15H13FN2O. The number of nitrogens with zero attached hydrogens (tertiary/aromatic N) is 1. The first-order chi connectivity index (χ1) is 9.10. The molecule has 0 spiro atoms. The van der Waals surface area contributed by atoms with Crippen molar-refractivity contribution in [3.63, 3.8) is 0 Å². The average molecular weight is 256 g/mol. The standard InChI is InChI=1S/C15H13FN2O/c1-10(18)12-3-5-13(6-4-12)19-15-7-2-11(9-17)8-14(15)16/h2-8,10H,18H2,1H3/t10-/m1/s1. The van der Waals surface area contributed by atoms with Gasteiger partial charge in [-0.1, -0.05) is 12.1 Å². The average Bonchev–Trinajstić information content (AvgIpc) is 2.41. The lowest BCUT2D eigenvalue weighted by Gasteiger charge is -2.09. The van der Waals surface area contributed by atoms with Crippen molar-refractivity contribution in [1.29, 1.82) is 5.26 Å². The molecule has 2 aromatic rings. The summed E-state index contributed by atoms with van der Waals surface area (Å²) in [4.78, 5) is 0. The van der Waals surface area contributed by atoms with Gasteiger partial charge >= 0.3 is 0 Å². The topological polar surface area (TPSA) is 59.0 Å². The largest absolute Gasteiger partial charge is 0.454 e. The van der Waals surface area contributed by atoms with Gasteiger partial charge in [0.05, 0.1) is 11.6 Å². The second-order valence-electron chi connectivity index (χ2n) is 4.22. The minimum atomic E-state index is -0.560. The summed E-state index contributed by atoms with van der Waals surface area (Å²) in [7, 11) is 0. The Kier molecular flexibility index (Phi) is 3.79. The van der Waals surface area contributed by atoms with Crippen LogP contribution in [0.5, 0.6) is 11.5 Å². The summed E-state index contributed by atoms with van der Waals surface area (Å²) in [6.07, 6.45) is 0. The van der Waals surface area contributed by atoms with Gasteiger partial charge in [0.15, 0.2) is 11.6 Å². The molecule has 0 heterocycles. The number of benzene rings is 2. The third-order valence-electron chi connectivity index (χ3n) is 2.69. The van der Waals surface area contributed by atoms with Crippen LogP contribution in [0.4, 0.5) is 4.39 Å². The minimum Gasteiger partial charge on any atom is -0.454 e. The number of halogens is 1. The Morgan fingerprint density at radius 2 is 1.89 bits per heavy atom. The number of nitrogens with two attached hydrogens (primary N) is 1. The molecule has 2 rings (SSSR count). The zero-order valence-electron chi connectivity index (χ0n) is 10.4. The van der Waals surface area contributed by atoms with Gasteiger partial charge in [0.1, 0.15) is 5.75 Å². The fourth-order valence-electron chi connectivity index (χ4n) is 1.62. The van der Waals surface area contributed by atoms with E-state index in [1.165, 1.54) is 12.1 Å². The number of nitriles is 1. The first-order valence-electron chi connectivity index (χ1n) is 5.83. The molecule has 1 atom stereocenters. The third kappa shape index (κ3) is 3.09. The predicted molar refractivity (Wildman–Crippen MR) is 70.2 cm³/mol. The molecule has 0 fully saturated rings. The molecule has 0 aliphatic heterocycles. The fourth-order valence-corrected chi connectivity index (χ4v) is 1.62. The van der Waals surface area contributed by atoms with Crippen LogP contribution in [0.2, 0.25) is 0 Å². The van der Waals surface area contributed by atoms with Gasteiger partial charge in [0.25, 0.3) is 0 Å². The van der Waals surface area contributed by atoms with Crippen molar-refractivity contribution in [2.24, 2.45) is 5.73 Å². The van der Waals surface area contributed by atoms with E-state index in [0.29, 0.717) is 5.75 Å². The summed E-state index contributed by atoms with van der Waals surface area (Å²) in [6.45, 7) is 1.89. The van der Waals surface area contributed by atoms with E-state index in [2.05, 4.69) is 0 Å². The first-order valence-corrected chi connectivity index (χ1v) is 5.83. The molecule has 0 amide bonds.